The molecule has 1 saturated heterocycles. The summed E-state index contributed by atoms with van der Waals surface area (Å²) in [7, 11) is 5.20. The molecule has 0 spiro atoms. The Morgan fingerprint density at radius 1 is 0.897 bits per heavy atom. The third-order valence-electron chi connectivity index (χ3n) is 5.37. The van der Waals surface area contributed by atoms with Gasteiger partial charge in [-0.05, 0) is 35.4 Å². The van der Waals surface area contributed by atoms with E-state index in [0.717, 1.165) is 49.8 Å². The minimum absolute atomic E-state index is 0.149. The number of piperazine rings is 1. The number of carbonyl (C=O) groups excluding carboxylic acids is 1. The molecule has 0 aromatic heterocycles. The van der Waals surface area contributed by atoms with Crippen LogP contribution in [0.15, 0.2) is 48.5 Å². The normalized spacial score (nSPS) is 15.1. The maximum absolute atomic E-state index is 12.6. The fourth-order valence-corrected chi connectivity index (χ4v) is 3.54. The van der Waals surface area contributed by atoms with Crippen molar-refractivity contribution >= 4 is 5.91 Å². The van der Waals surface area contributed by atoms with Crippen LogP contribution in [0.25, 0.3) is 0 Å². The molecule has 6 heteroatoms. The van der Waals surface area contributed by atoms with Gasteiger partial charge in [0.05, 0.1) is 20.8 Å². The van der Waals surface area contributed by atoms with Crippen LogP contribution < -0.4 is 9.47 Å². The highest BCUT2D eigenvalue weighted by Crippen LogP contribution is 2.15. The minimum atomic E-state index is 0.149. The topological polar surface area (TPSA) is 45.2 Å². The molecule has 6 nitrogen and oxygen atoms in total. The molecule has 1 aliphatic heterocycles. The molecule has 0 aliphatic carbocycles. The van der Waals surface area contributed by atoms with E-state index in [-0.39, 0.29) is 5.91 Å². The van der Waals surface area contributed by atoms with Crippen LogP contribution in [0.3, 0.4) is 0 Å². The van der Waals surface area contributed by atoms with Crippen LogP contribution in [0.2, 0.25) is 0 Å². The zero-order chi connectivity index (χ0) is 20.6. The van der Waals surface area contributed by atoms with Crippen molar-refractivity contribution in [1.82, 2.24) is 14.7 Å². The first kappa shape index (κ1) is 21.1. The Bertz CT molecular complexity index is 786. The molecular formula is C23H31N3O3. The monoisotopic (exact) mass is 397 g/mol. The van der Waals surface area contributed by atoms with Crippen molar-refractivity contribution < 1.29 is 14.3 Å². The number of nitrogens with zero attached hydrogens (tertiary/aromatic N) is 3. The second-order valence-corrected chi connectivity index (χ2v) is 7.50. The standard InChI is InChI=1S/C23H31N3O3/c1-24(16-20-5-4-6-22(15-20)29-3)23(27)18-26-13-11-25(12-14-26)17-19-7-9-21(28-2)10-8-19/h4-10,15H,11-14,16-18H2,1-3H3. The summed E-state index contributed by atoms with van der Waals surface area (Å²) in [5, 5.41) is 0. The van der Waals surface area contributed by atoms with Gasteiger partial charge in [0.25, 0.3) is 0 Å². The van der Waals surface area contributed by atoms with Gasteiger partial charge in [0.15, 0.2) is 0 Å². The van der Waals surface area contributed by atoms with Gasteiger partial charge >= 0.3 is 0 Å². The van der Waals surface area contributed by atoms with E-state index in [9.17, 15) is 4.79 Å². The molecule has 0 bridgehead atoms. The van der Waals surface area contributed by atoms with Gasteiger partial charge in [-0.2, -0.15) is 0 Å². The molecule has 1 amide bonds. The molecule has 156 valence electrons. The second-order valence-electron chi connectivity index (χ2n) is 7.50. The number of methoxy groups -OCH3 is 2. The summed E-state index contributed by atoms with van der Waals surface area (Å²) in [4.78, 5) is 19.1. The third kappa shape index (κ3) is 6.21. The average Bonchev–Trinajstić information content (AvgIpc) is 2.75. The Labute approximate surface area is 173 Å². The van der Waals surface area contributed by atoms with Gasteiger partial charge in [0, 0.05) is 46.3 Å². The average molecular weight is 398 g/mol. The Morgan fingerprint density at radius 3 is 2.21 bits per heavy atom. The van der Waals surface area contributed by atoms with E-state index in [1.165, 1.54) is 5.56 Å². The lowest BCUT2D eigenvalue weighted by atomic mass is 10.2. The number of ether oxygens (including phenoxy) is 2. The van der Waals surface area contributed by atoms with Crippen LogP contribution >= 0.6 is 0 Å². The Kier molecular flexibility index (Phi) is 7.49. The molecule has 0 saturated carbocycles. The van der Waals surface area contributed by atoms with Gasteiger partial charge in [-0.15, -0.1) is 0 Å². The molecule has 0 unspecified atom stereocenters. The molecule has 0 N–H and O–H groups in total. The molecule has 29 heavy (non-hydrogen) atoms. The zero-order valence-electron chi connectivity index (χ0n) is 17.6. The quantitative estimate of drug-likeness (QED) is 0.685. The second kappa shape index (κ2) is 10.3. The molecule has 2 aromatic carbocycles. The highest BCUT2D eigenvalue weighted by Gasteiger charge is 2.20. The van der Waals surface area contributed by atoms with Crippen LogP contribution in [-0.4, -0.2) is 74.6 Å². The van der Waals surface area contributed by atoms with E-state index >= 15 is 0 Å². The first-order valence-electron chi connectivity index (χ1n) is 10.0. The van der Waals surface area contributed by atoms with Crippen LogP contribution in [0, 0.1) is 0 Å². The Hall–Kier alpha value is -2.57. The largest absolute Gasteiger partial charge is 0.497 e. The molecular weight excluding hydrogens is 366 g/mol. The van der Waals surface area contributed by atoms with Crippen molar-refractivity contribution in [2.45, 2.75) is 13.1 Å². The van der Waals surface area contributed by atoms with Crippen LogP contribution in [-0.2, 0) is 17.9 Å². The number of hydrogen-bond acceptors (Lipinski definition) is 5. The van der Waals surface area contributed by atoms with Gasteiger partial charge in [0.2, 0.25) is 5.91 Å². The molecule has 1 fully saturated rings. The smallest absolute Gasteiger partial charge is 0.236 e. The predicted molar refractivity (Wildman–Crippen MR) is 114 cm³/mol. The number of likely N-dealkylation sites (N-methyl/N-ethyl adjacent to an activating group) is 1. The Morgan fingerprint density at radius 2 is 1.55 bits per heavy atom. The third-order valence-corrected chi connectivity index (χ3v) is 5.37. The van der Waals surface area contributed by atoms with Crippen LogP contribution in [0.4, 0.5) is 0 Å². The number of carbonyl (C=O) groups is 1. The van der Waals surface area contributed by atoms with Gasteiger partial charge in [-0.25, -0.2) is 0 Å². The molecule has 0 atom stereocenters. The van der Waals surface area contributed by atoms with Crippen molar-refractivity contribution in [3.8, 4) is 11.5 Å². The molecule has 2 aromatic rings. The lowest BCUT2D eigenvalue weighted by Gasteiger charge is -2.35. The lowest BCUT2D eigenvalue weighted by molar-refractivity contribution is -0.132. The van der Waals surface area contributed by atoms with E-state index in [4.69, 9.17) is 9.47 Å². The van der Waals surface area contributed by atoms with Crippen LogP contribution in [0.5, 0.6) is 11.5 Å². The highest BCUT2D eigenvalue weighted by atomic mass is 16.5. The summed E-state index contributed by atoms with van der Waals surface area (Å²) in [5.74, 6) is 1.85. The maximum atomic E-state index is 12.6. The van der Waals surface area contributed by atoms with E-state index in [1.807, 2.05) is 43.4 Å². The van der Waals surface area contributed by atoms with Gasteiger partial charge in [0.1, 0.15) is 11.5 Å². The van der Waals surface area contributed by atoms with E-state index < -0.39 is 0 Å². The summed E-state index contributed by atoms with van der Waals surface area (Å²) in [6.45, 7) is 5.76. The summed E-state index contributed by atoms with van der Waals surface area (Å²) in [6.07, 6.45) is 0. The first-order chi connectivity index (χ1) is 14.1. The SMILES string of the molecule is COc1ccc(CN2CCN(CC(=O)N(C)Cc3cccc(OC)c3)CC2)cc1. The van der Waals surface area contributed by atoms with Gasteiger partial charge < -0.3 is 14.4 Å². The van der Waals surface area contributed by atoms with Crippen molar-refractivity contribution in [2.24, 2.45) is 0 Å². The van der Waals surface area contributed by atoms with Gasteiger partial charge in [-0.3, -0.25) is 14.6 Å². The maximum Gasteiger partial charge on any atom is 0.236 e. The fraction of sp³-hybridized carbons (Fsp3) is 0.435. The van der Waals surface area contributed by atoms with E-state index in [1.54, 1.807) is 19.1 Å². The number of rotatable bonds is 8. The molecule has 0 radical (unpaired) electrons. The molecule has 1 aliphatic rings. The molecule has 1 heterocycles. The van der Waals surface area contributed by atoms with Crippen molar-refractivity contribution in [2.75, 3.05) is 54.0 Å². The van der Waals surface area contributed by atoms with E-state index in [2.05, 4.69) is 21.9 Å². The summed E-state index contributed by atoms with van der Waals surface area (Å²) in [6, 6.07) is 16.1. The van der Waals surface area contributed by atoms with Crippen LogP contribution in [0.1, 0.15) is 11.1 Å². The minimum Gasteiger partial charge on any atom is -0.497 e. The van der Waals surface area contributed by atoms with Crippen molar-refractivity contribution in [1.29, 1.82) is 0 Å². The molecule has 3 rings (SSSR count). The van der Waals surface area contributed by atoms with Crippen molar-refractivity contribution in [3.05, 3.63) is 59.7 Å². The summed E-state index contributed by atoms with van der Waals surface area (Å²) in [5.41, 5.74) is 2.36. The first-order valence-corrected chi connectivity index (χ1v) is 10.0. The predicted octanol–water partition coefficient (Wildman–Crippen LogP) is 2.48. The highest BCUT2D eigenvalue weighted by molar-refractivity contribution is 5.78. The number of hydrogen-bond donors (Lipinski definition) is 0. The zero-order valence-corrected chi connectivity index (χ0v) is 17.6. The van der Waals surface area contributed by atoms with Gasteiger partial charge in [-0.1, -0.05) is 24.3 Å². The van der Waals surface area contributed by atoms with E-state index in [0.29, 0.717) is 13.1 Å². The van der Waals surface area contributed by atoms with Crippen molar-refractivity contribution in [3.63, 3.8) is 0 Å². The lowest BCUT2D eigenvalue weighted by Crippen LogP contribution is -2.49. The number of benzene rings is 2. The fourth-order valence-electron chi connectivity index (χ4n) is 3.54. The summed E-state index contributed by atoms with van der Waals surface area (Å²) >= 11 is 0. The Balaban J connectivity index is 1.42. The number of amides is 1. The summed E-state index contributed by atoms with van der Waals surface area (Å²) < 4.78 is 10.5.